The van der Waals surface area contributed by atoms with Crippen molar-refractivity contribution in [3.05, 3.63) is 36.8 Å². The Balaban J connectivity index is 2.06. The number of likely N-dealkylation sites (tertiary alicyclic amines) is 1. The molecule has 1 aromatic heterocycles. The first-order valence-electron chi connectivity index (χ1n) is 6.24. The van der Waals surface area contributed by atoms with Gasteiger partial charge in [-0.1, -0.05) is 6.08 Å². The lowest BCUT2D eigenvalue weighted by Crippen LogP contribution is -2.47. The molecule has 1 atom stereocenters. The first-order chi connectivity index (χ1) is 8.66. The molecule has 1 aromatic rings. The molecule has 1 N–H and O–H groups in total. The van der Waals surface area contributed by atoms with Gasteiger partial charge in [0.15, 0.2) is 0 Å². The third-order valence-corrected chi connectivity index (χ3v) is 3.63. The van der Waals surface area contributed by atoms with Gasteiger partial charge in [-0.25, -0.2) is 0 Å². The molecule has 0 bridgehead atoms. The normalized spacial score (nSPS) is 24.9. The second-order valence-corrected chi connectivity index (χ2v) is 5.02. The van der Waals surface area contributed by atoms with E-state index < -0.39 is 11.4 Å². The number of allylic oxidation sites excluding steroid dienone is 1. The molecule has 4 nitrogen and oxygen atoms in total. The van der Waals surface area contributed by atoms with Crippen LogP contribution >= 0.6 is 0 Å². The van der Waals surface area contributed by atoms with E-state index >= 15 is 0 Å². The molecule has 0 amide bonds. The molecule has 0 spiro atoms. The second kappa shape index (κ2) is 5.40. The van der Waals surface area contributed by atoms with Gasteiger partial charge >= 0.3 is 5.97 Å². The molecule has 0 saturated carbocycles. The number of nitrogens with zero attached hydrogens (tertiary/aromatic N) is 1. The summed E-state index contributed by atoms with van der Waals surface area (Å²) >= 11 is 0. The predicted molar refractivity (Wildman–Crippen MR) is 68.1 cm³/mol. The van der Waals surface area contributed by atoms with E-state index in [-0.39, 0.29) is 0 Å². The summed E-state index contributed by atoms with van der Waals surface area (Å²) in [6.45, 7) is 5.96. The summed E-state index contributed by atoms with van der Waals surface area (Å²) in [6.07, 6.45) is 7.26. The molecule has 0 radical (unpaired) electrons. The van der Waals surface area contributed by atoms with Crippen LogP contribution in [0.25, 0.3) is 0 Å². The van der Waals surface area contributed by atoms with E-state index in [2.05, 4.69) is 11.5 Å². The van der Waals surface area contributed by atoms with Crippen molar-refractivity contribution in [2.45, 2.75) is 25.8 Å². The third-order valence-electron chi connectivity index (χ3n) is 3.63. The van der Waals surface area contributed by atoms with Gasteiger partial charge in [-0.15, -0.1) is 6.58 Å². The maximum absolute atomic E-state index is 11.5. The molecular formula is C14H19NO3. The standard InChI is InChI=1S/C14H19NO3/c1-2-5-14(13(16)17)6-3-7-15(11-14)9-12-4-8-18-10-12/h2,4,8,10H,1,3,5-7,9,11H2,(H,16,17). The van der Waals surface area contributed by atoms with Crippen LogP contribution in [0, 0.1) is 5.41 Å². The van der Waals surface area contributed by atoms with Crippen molar-refractivity contribution in [2.24, 2.45) is 5.41 Å². The highest BCUT2D eigenvalue weighted by Crippen LogP contribution is 2.34. The number of carbonyl (C=O) groups is 1. The molecule has 1 saturated heterocycles. The molecule has 1 aliphatic heterocycles. The number of piperidine rings is 1. The van der Waals surface area contributed by atoms with Gasteiger partial charge in [-0.2, -0.15) is 0 Å². The zero-order chi connectivity index (χ0) is 13.0. The monoisotopic (exact) mass is 249 g/mol. The van der Waals surface area contributed by atoms with Gasteiger partial charge in [0.05, 0.1) is 17.9 Å². The van der Waals surface area contributed by atoms with E-state index in [4.69, 9.17) is 4.42 Å². The molecule has 0 aromatic carbocycles. The van der Waals surface area contributed by atoms with Crippen LogP contribution in [0.1, 0.15) is 24.8 Å². The van der Waals surface area contributed by atoms with Crippen LogP contribution in [0.15, 0.2) is 35.7 Å². The molecule has 0 aliphatic carbocycles. The van der Waals surface area contributed by atoms with E-state index in [0.717, 1.165) is 31.5 Å². The Morgan fingerprint density at radius 1 is 1.67 bits per heavy atom. The smallest absolute Gasteiger partial charge is 0.311 e. The van der Waals surface area contributed by atoms with Gasteiger partial charge in [0.1, 0.15) is 0 Å². The Hall–Kier alpha value is -1.55. The molecule has 1 fully saturated rings. The molecule has 2 heterocycles. The third kappa shape index (κ3) is 2.64. The minimum Gasteiger partial charge on any atom is -0.481 e. The van der Waals surface area contributed by atoms with Crippen LogP contribution in [-0.2, 0) is 11.3 Å². The van der Waals surface area contributed by atoms with Gasteiger partial charge < -0.3 is 9.52 Å². The van der Waals surface area contributed by atoms with Crippen molar-refractivity contribution in [3.63, 3.8) is 0 Å². The minimum absolute atomic E-state index is 0.532. The van der Waals surface area contributed by atoms with Crippen LogP contribution in [0.5, 0.6) is 0 Å². The van der Waals surface area contributed by atoms with Crippen molar-refractivity contribution < 1.29 is 14.3 Å². The number of carboxylic acid groups (broad SMARTS) is 1. The van der Waals surface area contributed by atoms with Crippen molar-refractivity contribution in [3.8, 4) is 0 Å². The molecule has 4 heteroatoms. The summed E-state index contributed by atoms with van der Waals surface area (Å²) in [5, 5.41) is 9.47. The first-order valence-corrected chi connectivity index (χ1v) is 6.24. The van der Waals surface area contributed by atoms with Crippen molar-refractivity contribution in [1.29, 1.82) is 0 Å². The summed E-state index contributed by atoms with van der Waals surface area (Å²) in [5.41, 5.74) is 0.429. The van der Waals surface area contributed by atoms with Gasteiger partial charge in [-0.3, -0.25) is 9.69 Å². The lowest BCUT2D eigenvalue weighted by atomic mass is 9.77. The summed E-state index contributed by atoms with van der Waals surface area (Å²) < 4.78 is 5.04. The van der Waals surface area contributed by atoms with Gasteiger partial charge in [0, 0.05) is 18.7 Å². The number of rotatable bonds is 5. The van der Waals surface area contributed by atoms with Gasteiger partial charge in [-0.05, 0) is 31.9 Å². The van der Waals surface area contributed by atoms with Crippen LogP contribution in [0.4, 0.5) is 0 Å². The topological polar surface area (TPSA) is 53.7 Å². The summed E-state index contributed by atoms with van der Waals surface area (Å²) in [5.74, 6) is -0.709. The molecule has 18 heavy (non-hydrogen) atoms. The van der Waals surface area contributed by atoms with Crippen molar-refractivity contribution >= 4 is 5.97 Å². The highest BCUT2D eigenvalue weighted by atomic mass is 16.4. The van der Waals surface area contributed by atoms with Crippen molar-refractivity contribution in [1.82, 2.24) is 4.90 Å². The maximum Gasteiger partial charge on any atom is 0.311 e. The number of furan rings is 1. The van der Waals surface area contributed by atoms with Crippen molar-refractivity contribution in [2.75, 3.05) is 13.1 Å². The highest BCUT2D eigenvalue weighted by Gasteiger charge is 2.41. The number of aliphatic carboxylic acids is 1. The lowest BCUT2D eigenvalue weighted by molar-refractivity contribution is -0.152. The van der Waals surface area contributed by atoms with E-state index in [0.29, 0.717) is 13.0 Å². The van der Waals surface area contributed by atoms with E-state index in [1.165, 1.54) is 0 Å². The second-order valence-electron chi connectivity index (χ2n) is 5.02. The molecule has 2 rings (SSSR count). The Labute approximate surface area is 107 Å². The first kappa shape index (κ1) is 12.9. The summed E-state index contributed by atoms with van der Waals surface area (Å²) in [7, 11) is 0. The fourth-order valence-corrected chi connectivity index (χ4v) is 2.71. The maximum atomic E-state index is 11.5. The Morgan fingerprint density at radius 3 is 3.11 bits per heavy atom. The highest BCUT2D eigenvalue weighted by molar-refractivity contribution is 5.75. The Bertz CT molecular complexity index is 413. The van der Waals surface area contributed by atoms with Gasteiger partial charge in [0.2, 0.25) is 0 Å². The fraction of sp³-hybridized carbons (Fsp3) is 0.500. The molecule has 1 unspecified atom stereocenters. The predicted octanol–water partition coefficient (Wildman–Crippen LogP) is 2.52. The van der Waals surface area contributed by atoms with E-state index in [1.54, 1.807) is 18.6 Å². The Morgan fingerprint density at radius 2 is 2.50 bits per heavy atom. The number of hydrogen-bond acceptors (Lipinski definition) is 3. The Kier molecular flexibility index (Phi) is 3.87. The van der Waals surface area contributed by atoms with E-state index in [9.17, 15) is 9.90 Å². The van der Waals surface area contributed by atoms with Crippen LogP contribution < -0.4 is 0 Å². The summed E-state index contributed by atoms with van der Waals surface area (Å²) in [6, 6.07) is 1.92. The van der Waals surface area contributed by atoms with E-state index in [1.807, 2.05) is 6.07 Å². The van der Waals surface area contributed by atoms with Crippen LogP contribution in [0.2, 0.25) is 0 Å². The van der Waals surface area contributed by atoms with Gasteiger partial charge in [0.25, 0.3) is 0 Å². The molecular weight excluding hydrogens is 230 g/mol. The average Bonchev–Trinajstić information content (AvgIpc) is 2.82. The zero-order valence-corrected chi connectivity index (χ0v) is 10.5. The quantitative estimate of drug-likeness (QED) is 0.815. The largest absolute Gasteiger partial charge is 0.481 e. The number of hydrogen-bond donors (Lipinski definition) is 1. The fourth-order valence-electron chi connectivity index (χ4n) is 2.71. The summed E-state index contributed by atoms with van der Waals surface area (Å²) in [4.78, 5) is 13.7. The zero-order valence-electron chi connectivity index (χ0n) is 10.5. The molecule has 1 aliphatic rings. The van der Waals surface area contributed by atoms with Crippen LogP contribution in [-0.4, -0.2) is 29.1 Å². The minimum atomic E-state index is -0.709. The number of carboxylic acids is 1. The lowest BCUT2D eigenvalue weighted by Gasteiger charge is -2.39. The average molecular weight is 249 g/mol. The molecule has 98 valence electrons. The SMILES string of the molecule is C=CCC1(C(=O)O)CCCN(Cc2ccoc2)C1. The van der Waals surface area contributed by atoms with Crippen LogP contribution in [0.3, 0.4) is 0 Å².